The molecule has 1 aliphatic heterocycles. The summed E-state index contributed by atoms with van der Waals surface area (Å²) >= 11 is 0. The van der Waals surface area contributed by atoms with Crippen LogP contribution in [0.2, 0.25) is 0 Å². The summed E-state index contributed by atoms with van der Waals surface area (Å²) in [6.07, 6.45) is 2.15. The van der Waals surface area contributed by atoms with Gasteiger partial charge in [-0.2, -0.15) is 0 Å². The second-order valence-electron chi connectivity index (χ2n) is 16.1. The molecule has 0 saturated heterocycles. The molecule has 1 aromatic heterocycles. The third-order valence-corrected chi connectivity index (χ3v) is 12.7. The molecular formula is C59H42N4. The first kappa shape index (κ1) is 37.8. The highest BCUT2D eigenvalue weighted by molar-refractivity contribution is 6.18. The van der Waals surface area contributed by atoms with Gasteiger partial charge in [0.25, 0.3) is 0 Å². The molecule has 63 heavy (non-hydrogen) atoms. The topological polar surface area (TPSA) is 42.0 Å². The van der Waals surface area contributed by atoms with Gasteiger partial charge in [0.2, 0.25) is 0 Å². The minimum Gasteiger partial charge on any atom is -0.309 e. The van der Waals surface area contributed by atoms with Crippen molar-refractivity contribution < 1.29 is 0 Å². The molecule has 0 radical (unpaired) electrons. The van der Waals surface area contributed by atoms with E-state index in [2.05, 4.69) is 188 Å². The Balaban J connectivity index is 1.16. The standard InChI is InChI=1S/C59H42N4/c1-39(41-20-7-4-8-21-41)38-52(43-22-9-5-10-23-43)61-40(2)42-34-36-44(37-35-42)55-56(62-58(60-3)45-24-11-6-12-25-45)48-27-13-15-29-49(48)59(55)50-30-16-18-33-54(50)63-53-32-17-14-26-46(53)47-28-19-31-51(59)57(47)63/h4-38H,2-3H2,1H3/b39-38+,61-52+,62-58-. The molecule has 0 fully saturated rings. The molecule has 0 amide bonds. The fourth-order valence-corrected chi connectivity index (χ4v) is 9.90. The third-order valence-electron chi connectivity index (χ3n) is 12.7. The first-order chi connectivity index (χ1) is 31.1. The number of hydrogen-bond acceptors (Lipinski definition) is 2. The van der Waals surface area contributed by atoms with Crippen LogP contribution < -0.4 is 0 Å². The van der Waals surface area contributed by atoms with Gasteiger partial charge in [0.1, 0.15) is 0 Å². The van der Waals surface area contributed by atoms with Gasteiger partial charge in [-0.1, -0.05) is 201 Å². The summed E-state index contributed by atoms with van der Waals surface area (Å²) in [5, 5.41) is 2.45. The summed E-state index contributed by atoms with van der Waals surface area (Å²) in [5.74, 6) is 0.568. The molecule has 0 N–H and O–H groups in total. The van der Waals surface area contributed by atoms with Crippen molar-refractivity contribution in [3.8, 4) is 5.69 Å². The van der Waals surface area contributed by atoms with Gasteiger partial charge in [-0.25, -0.2) is 15.0 Å². The normalized spacial score (nSPS) is 15.8. The summed E-state index contributed by atoms with van der Waals surface area (Å²) in [4.78, 5) is 15.3. The lowest BCUT2D eigenvalue weighted by Gasteiger charge is -2.41. The van der Waals surface area contributed by atoms with Crippen molar-refractivity contribution in [2.45, 2.75) is 12.3 Å². The molecule has 1 unspecified atom stereocenters. The molecule has 1 atom stereocenters. The molecule has 9 aromatic rings. The van der Waals surface area contributed by atoms with E-state index in [0.717, 1.165) is 61.6 Å². The molecule has 8 aromatic carbocycles. The third kappa shape index (κ3) is 6.02. The summed E-state index contributed by atoms with van der Waals surface area (Å²) in [7, 11) is 0. The van der Waals surface area contributed by atoms with Gasteiger partial charge in [0.05, 0.1) is 39.2 Å². The molecule has 0 saturated carbocycles. The molecule has 4 heteroatoms. The molecule has 1 spiro atoms. The van der Waals surface area contributed by atoms with E-state index in [9.17, 15) is 0 Å². The van der Waals surface area contributed by atoms with E-state index in [1.807, 2.05) is 54.6 Å². The molecular weight excluding hydrogens is 765 g/mol. The van der Waals surface area contributed by atoms with E-state index in [-0.39, 0.29) is 0 Å². The zero-order valence-electron chi connectivity index (χ0n) is 34.9. The second kappa shape index (κ2) is 15.4. The summed E-state index contributed by atoms with van der Waals surface area (Å²) < 4.78 is 2.46. The fraction of sp³-hybridized carbons (Fsp3) is 0.0339. The number of allylic oxidation sites excluding steroid dienone is 3. The number of aliphatic imine (C=N–C) groups is 3. The quantitative estimate of drug-likeness (QED) is 0.108. The number of rotatable bonds is 8. The van der Waals surface area contributed by atoms with Crippen LogP contribution >= 0.6 is 0 Å². The summed E-state index contributed by atoms with van der Waals surface area (Å²) in [6.45, 7) is 10.7. The number of amidine groups is 1. The van der Waals surface area contributed by atoms with Crippen molar-refractivity contribution in [1.82, 2.24) is 4.57 Å². The highest BCUT2D eigenvalue weighted by Gasteiger charge is 2.53. The van der Waals surface area contributed by atoms with E-state index in [1.165, 1.54) is 38.5 Å². The Labute approximate surface area is 367 Å². The lowest BCUT2D eigenvalue weighted by molar-refractivity contribution is 0.789. The number of aromatic nitrogens is 1. The Morgan fingerprint density at radius 1 is 0.540 bits per heavy atom. The minimum absolute atomic E-state index is 0.568. The smallest absolute Gasteiger partial charge is 0.159 e. The van der Waals surface area contributed by atoms with Gasteiger partial charge >= 0.3 is 0 Å². The van der Waals surface area contributed by atoms with Crippen LogP contribution in [-0.2, 0) is 5.41 Å². The Kier molecular flexibility index (Phi) is 9.21. The van der Waals surface area contributed by atoms with Crippen molar-refractivity contribution in [1.29, 1.82) is 0 Å². The Hall–Kier alpha value is -8.21. The van der Waals surface area contributed by atoms with Crippen molar-refractivity contribution in [3.63, 3.8) is 0 Å². The van der Waals surface area contributed by atoms with Gasteiger partial charge in [0, 0.05) is 33.0 Å². The molecule has 11 rings (SSSR count). The summed E-state index contributed by atoms with van der Waals surface area (Å²) in [5.41, 5.74) is 17.1. The van der Waals surface area contributed by atoms with Crippen LogP contribution in [0.1, 0.15) is 57.0 Å². The van der Waals surface area contributed by atoms with Crippen LogP contribution in [0.3, 0.4) is 0 Å². The van der Waals surface area contributed by atoms with Gasteiger partial charge in [-0.05, 0) is 70.8 Å². The Bertz CT molecular complexity index is 3400. The van der Waals surface area contributed by atoms with Gasteiger partial charge in [0.15, 0.2) is 5.84 Å². The van der Waals surface area contributed by atoms with E-state index in [1.54, 1.807) is 0 Å². The number of para-hydroxylation sites is 3. The number of hydrogen-bond donors (Lipinski definition) is 0. The highest BCUT2D eigenvalue weighted by atomic mass is 15.0. The molecule has 4 nitrogen and oxygen atoms in total. The zero-order chi connectivity index (χ0) is 42.5. The van der Waals surface area contributed by atoms with Gasteiger partial charge < -0.3 is 4.57 Å². The van der Waals surface area contributed by atoms with Crippen LogP contribution in [0.25, 0.3) is 50.0 Å². The van der Waals surface area contributed by atoms with Crippen molar-refractivity contribution in [3.05, 3.63) is 269 Å². The van der Waals surface area contributed by atoms with Crippen LogP contribution in [0.15, 0.2) is 234 Å². The predicted molar refractivity (Wildman–Crippen MR) is 265 cm³/mol. The first-order valence-electron chi connectivity index (χ1n) is 21.3. The average Bonchev–Trinajstić information content (AvgIpc) is 3.84. The summed E-state index contributed by atoms with van der Waals surface area (Å²) in [6, 6.07) is 72.8. The Morgan fingerprint density at radius 3 is 1.86 bits per heavy atom. The Morgan fingerprint density at radius 2 is 1.13 bits per heavy atom. The predicted octanol–water partition coefficient (Wildman–Crippen LogP) is 14.0. The van der Waals surface area contributed by atoms with E-state index >= 15 is 0 Å². The molecule has 298 valence electrons. The van der Waals surface area contributed by atoms with Crippen molar-refractivity contribution >= 4 is 62.6 Å². The second-order valence-corrected chi connectivity index (χ2v) is 16.1. The zero-order valence-corrected chi connectivity index (χ0v) is 34.9. The lowest BCUT2D eigenvalue weighted by Crippen LogP contribution is -2.34. The van der Waals surface area contributed by atoms with Crippen LogP contribution in [0.4, 0.5) is 0 Å². The van der Waals surface area contributed by atoms with Gasteiger partial charge in [-0.15, -0.1) is 0 Å². The molecule has 2 heterocycles. The maximum atomic E-state index is 5.55. The monoisotopic (exact) mass is 806 g/mol. The van der Waals surface area contributed by atoms with Crippen molar-refractivity contribution in [2.24, 2.45) is 15.0 Å². The van der Waals surface area contributed by atoms with Crippen LogP contribution in [0, 0.1) is 0 Å². The number of fused-ring (bicyclic) bond motifs is 9. The minimum atomic E-state index is -0.740. The lowest BCUT2D eigenvalue weighted by atomic mass is 9.63. The van der Waals surface area contributed by atoms with E-state index < -0.39 is 5.41 Å². The van der Waals surface area contributed by atoms with Crippen molar-refractivity contribution in [2.75, 3.05) is 0 Å². The maximum Gasteiger partial charge on any atom is 0.159 e. The number of benzene rings is 8. The van der Waals surface area contributed by atoms with E-state index in [4.69, 9.17) is 9.98 Å². The van der Waals surface area contributed by atoms with Crippen LogP contribution in [0.5, 0.6) is 0 Å². The maximum absolute atomic E-state index is 5.55. The highest BCUT2D eigenvalue weighted by Crippen LogP contribution is 2.63. The largest absolute Gasteiger partial charge is 0.309 e. The fourth-order valence-electron chi connectivity index (χ4n) is 9.90. The number of nitrogens with zero attached hydrogens (tertiary/aromatic N) is 4. The average molecular weight is 807 g/mol. The van der Waals surface area contributed by atoms with E-state index in [0.29, 0.717) is 11.5 Å². The van der Waals surface area contributed by atoms with Gasteiger partial charge in [-0.3, -0.25) is 0 Å². The molecule has 1 aliphatic carbocycles. The molecule has 0 bridgehead atoms. The SMILES string of the molecule is C=N/C(=N\C1=C(c2ccc(C(=C)/N=C(\C=C(/C)c3ccccc3)c3ccccc3)cc2)C2(c3ccccc31)c1ccccc1-n1c3ccccc3c3cccc2c31)c1ccccc1. The first-order valence-corrected chi connectivity index (χ1v) is 21.3. The van der Waals surface area contributed by atoms with Crippen LogP contribution in [-0.4, -0.2) is 22.8 Å². The molecule has 2 aliphatic rings.